The van der Waals surface area contributed by atoms with Crippen molar-refractivity contribution < 1.29 is 80.2 Å². The van der Waals surface area contributed by atoms with Gasteiger partial charge in [-0.1, -0.05) is 317 Å². The molecule has 0 amide bonds. The second-order valence-electron chi connectivity index (χ2n) is 28.5. The molecule has 0 saturated heterocycles. The second-order valence-corrected chi connectivity index (χ2v) is 31.4. The van der Waals surface area contributed by atoms with Crippen molar-refractivity contribution in [3.8, 4) is 0 Å². The number of aliphatic hydroxyl groups is 1. The molecule has 0 aromatic rings. The number of ether oxygens (including phenoxy) is 4. The van der Waals surface area contributed by atoms with Crippen LogP contribution in [0.2, 0.25) is 0 Å². The summed E-state index contributed by atoms with van der Waals surface area (Å²) < 4.78 is 68.5. The molecule has 0 fully saturated rings. The first kappa shape index (κ1) is 93.5. The molecule has 0 aromatic heterocycles. The third-order valence-electron chi connectivity index (χ3n) is 17.3. The molecule has 3 N–H and O–H groups in total. The molecule has 17 nitrogen and oxygen atoms in total. The Kier molecular flexibility index (Phi) is 65.3. The summed E-state index contributed by atoms with van der Waals surface area (Å²) >= 11 is 0. The molecule has 0 spiro atoms. The Morgan fingerprint density at radius 2 is 0.562 bits per heavy atom. The molecule has 5 atom stereocenters. The second kappa shape index (κ2) is 67.1. The first-order chi connectivity index (χ1) is 46.2. The number of phosphoric ester groups is 2. The van der Waals surface area contributed by atoms with Gasteiger partial charge in [0.15, 0.2) is 12.2 Å². The Labute approximate surface area is 586 Å². The summed E-state index contributed by atoms with van der Waals surface area (Å²) in [6, 6.07) is 0. The number of carbonyl (C=O) groups excluding carboxylic acids is 4. The molecule has 19 heteroatoms. The van der Waals surface area contributed by atoms with Gasteiger partial charge in [0.1, 0.15) is 19.3 Å². The van der Waals surface area contributed by atoms with E-state index in [9.17, 15) is 43.2 Å². The van der Waals surface area contributed by atoms with Gasteiger partial charge in [-0.2, -0.15) is 0 Å². The largest absolute Gasteiger partial charge is 0.472 e. The number of allylic oxidation sites excluding steroid dienone is 4. The molecule has 0 aromatic carbocycles. The number of rotatable bonds is 73. The molecule has 0 bridgehead atoms. The fourth-order valence-corrected chi connectivity index (χ4v) is 12.8. The zero-order valence-corrected chi connectivity index (χ0v) is 64.1. The summed E-state index contributed by atoms with van der Waals surface area (Å²) in [5, 5.41) is 10.6. The Hall–Kier alpha value is -2.46. The van der Waals surface area contributed by atoms with Gasteiger partial charge in [0.2, 0.25) is 0 Å². The monoisotopic (exact) mass is 1410 g/mol. The normalized spacial score (nSPS) is 14.2. The molecule has 0 aliphatic heterocycles. The minimum absolute atomic E-state index is 0.0849. The van der Waals surface area contributed by atoms with Crippen LogP contribution in [0.15, 0.2) is 24.3 Å². The van der Waals surface area contributed by atoms with Gasteiger partial charge >= 0.3 is 39.5 Å². The van der Waals surface area contributed by atoms with Crippen molar-refractivity contribution >= 4 is 39.5 Å². The van der Waals surface area contributed by atoms with E-state index >= 15 is 0 Å². The Bertz CT molecular complexity index is 1960. The Balaban J connectivity index is 5.27. The van der Waals surface area contributed by atoms with Gasteiger partial charge in [-0.15, -0.1) is 0 Å². The molecular formula is C77H146O17P2. The smallest absolute Gasteiger partial charge is 0.462 e. The third-order valence-corrected chi connectivity index (χ3v) is 19.2. The van der Waals surface area contributed by atoms with E-state index < -0.39 is 97.5 Å². The number of esters is 4. The zero-order valence-electron chi connectivity index (χ0n) is 62.3. The average Bonchev–Trinajstić information content (AvgIpc) is 3.33. The number of phosphoric acid groups is 2. The lowest BCUT2D eigenvalue weighted by Gasteiger charge is -2.21. The molecule has 2 unspecified atom stereocenters. The van der Waals surface area contributed by atoms with Crippen LogP contribution in [0.4, 0.5) is 0 Å². The van der Waals surface area contributed by atoms with E-state index in [2.05, 4.69) is 72.8 Å². The topological polar surface area (TPSA) is 237 Å². The van der Waals surface area contributed by atoms with Crippen LogP contribution in [0.1, 0.15) is 370 Å². The van der Waals surface area contributed by atoms with Crippen LogP contribution in [0.25, 0.3) is 0 Å². The summed E-state index contributed by atoms with van der Waals surface area (Å²) in [5.41, 5.74) is 0. The first-order valence-electron chi connectivity index (χ1n) is 39.2. The van der Waals surface area contributed by atoms with E-state index in [-0.39, 0.29) is 25.7 Å². The number of unbranched alkanes of at least 4 members (excludes halogenated alkanes) is 38. The maximum absolute atomic E-state index is 13.1. The molecule has 0 radical (unpaired) electrons. The summed E-state index contributed by atoms with van der Waals surface area (Å²) in [6.07, 6.45) is 56.4. The van der Waals surface area contributed by atoms with Gasteiger partial charge in [0, 0.05) is 25.7 Å². The van der Waals surface area contributed by atoms with Crippen LogP contribution in [-0.4, -0.2) is 96.7 Å². The van der Waals surface area contributed by atoms with Gasteiger partial charge in [-0.3, -0.25) is 37.3 Å². The first-order valence-corrected chi connectivity index (χ1v) is 42.2. The van der Waals surface area contributed by atoms with Crippen LogP contribution < -0.4 is 0 Å². The van der Waals surface area contributed by atoms with Crippen LogP contribution in [0.5, 0.6) is 0 Å². The predicted molar refractivity (Wildman–Crippen MR) is 390 cm³/mol. The zero-order chi connectivity index (χ0) is 70.9. The van der Waals surface area contributed by atoms with E-state index in [1.54, 1.807) is 0 Å². The van der Waals surface area contributed by atoms with E-state index in [4.69, 9.17) is 37.0 Å². The van der Waals surface area contributed by atoms with Gasteiger partial charge < -0.3 is 33.8 Å². The van der Waals surface area contributed by atoms with Crippen molar-refractivity contribution in [3.63, 3.8) is 0 Å². The van der Waals surface area contributed by atoms with Crippen LogP contribution >= 0.6 is 15.6 Å². The molecule has 566 valence electrons. The van der Waals surface area contributed by atoms with Gasteiger partial charge in [-0.25, -0.2) is 9.13 Å². The average molecular weight is 1410 g/mol. The van der Waals surface area contributed by atoms with Crippen molar-refractivity contribution in [1.82, 2.24) is 0 Å². The standard InChI is InChI=1S/C77H146O17P2/c1-8-9-10-11-12-13-14-15-16-21-27-32-37-46-53-60-76(81)93-72(64-87-74(79)58-51-44-36-31-26-20-18-17-19-24-29-34-41-48-55-68(2)3)66-91-95(83,84)89-62-71(78)63-90-96(85,86)92-67-73(65-88-75(80)59-52-45-40-39-43-50-57-70(6)7)94-77(82)61-54-47-38-33-28-23-22-25-30-35-42-49-56-69(4)5/h13-16,68-73,78H,8-12,17-67H2,1-7H3,(H,83,84)(H,85,86)/b14-13-,16-15-/t71-,72-,73-/m1/s1. The van der Waals surface area contributed by atoms with Crippen LogP contribution in [0.3, 0.4) is 0 Å². The minimum Gasteiger partial charge on any atom is -0.462 e. The van der Waals surface area contributed by atoms with Crippen molar-refractivity contribution in [2.24, 2.45) is 17.8 Å². The van der Waals surface area contributed by atoms with Gasteiger partial charge in [-0.05, 0) is 69.1 Å². The summed E-state index contributed by atoms with van der Waals surface area (Å²) in [4.78, 5) is 72.8. The SMILES string of the molecule is CCCCCC/C=C\C=C/CCCCCCCC(=O)O[C@H](COC(=O)CCCCCCCCCCCCCCCCC(C)C)COP(=O)(O)OC[C@@H](O)COP(=O)(O)OC[C@@H](COC(=O)CCCCCCCCC(C)C)OC(=O)CCCCCCCCCCCCCCC(C)C. The van der Waals surface area contributed by atoms with Gasteiger partial charge in [0.05, 0.1) is 26.4 Å². The fourth-order valence-electron chi connectivity index (χ4n) is 11.2. The Morgan fingerprint density at radius 1 is 0.323 bits per heavy atom. The molecular weight excluding hydrogens is 1260 g/mol. The highest BCUT2D eigenvalue weighted by atomic mass is 31.2. The lowest BCUT2D eigenvalue weighted by Crippen LogP contribution is -2.30. The summed E-state index contributed by atoms with van der Waals surface area (Å²) in [5.74, 6) is 0.101. The van der Waals surface area contributed by atoms with Crippen molar-refractivity contribution in [1.29, 1.82) is 0 Å². The minimum atomic E-state index is -4.97. The molecule has 0 heterocycles. The lowest BCUT2D eigenvalue weighted by atomic mass is 10.0. The van der Waals surface area contributed by atoms with E-state index in [1.165, 1.54) is 161 Å². The third kappa shape index (κ3) is 70.0. The number of carbonyl (C=O) groups is 4. The van der Waals surface area contributed by atoms with Crippen molar-refractivity contribution in [3.05, 3.63) is 24.3 Å². The molecule has 0 aliphatic carbocycles. The fraction of sp³-hybridized carbons (Fsp3) is 0.896. The highest BCUT2D eigenvalue weighted by molar-refractivity contribution is 7.47. The van der Waals surface area contributed by atoms with Gasteiger partial charge in [0.25, 0.3) is 0 Å². The molecule has 96 heavy (non-hydrogen) atoms. The number of hydrogen-bond donors (Lipinski definition) is 3. The van der Waals surface area contributed by atoms with Crippen molar-refractivity contribution in [2.45, 2.75) is 388 Å². The highest BCUT2D eigenvalue weighted by Crippen LogP contribution is 2.45. The summed E-state index contributed by atoms with van der Waals surface area (Å²) in [6.45, 7) is 11.8. The van der Waals surface area contributed by atoms with Crippen LogP contribution in [-0.2, 0) is 65.4 Å². The number of aliphatic hydroxyl groups excluding tert-OH is 1. The lowest BCUT2D eigenvalue weighted by molar-refractivity contribution is -0.161. The van der Waals surface area contributed by atoms with E-state index in [0.29, 0.717) is 31.6 Å². The van der Waals surface area contributed by atoms with Crippen molar-refractivity contribution in [2.75, 3.05) is 39.6 Å². The highest BCUT2D eigenvalue weighted by Gasteiger charge is 2.30. The van der Waals surface area contributed by atoms with Crippen LogP contribution in [0, 0.1) is 17.8 Å². The van der Waals surface area contributed by atoms with E-state index in [1.807, 2.05) is 0 Å². The maximum atomic E-state index is 13.1. The maximum Gasteiger partial charge on any atom is 0.472 e. The quantitative estimate of drug-likeness (QED) is 0.0169. The Morgan fingerprint density at radius 3 is 0.844 bits per heavy atom. The number of hydrogen-bond acceptors (Lipinski definition) is 15. The molecule has 0 aliphatic rings. The summed E-state index contributed by atoms with van der Waals surface area (Å²) in [7, 11) is -9.93. The molecule has 0 rings (SSSR count). The van der Waals surface area contributed by atoms with E-state index in [0.717, 1.165) is 121 Å². The molecule has 0 saturated carbocycles. The predicted octanol–water partition coefficient (Wildman–Crippen LogP) is 22.1.